The number of rotatable bonds is 5. The lowest BCUT2D eigenvalue weighted by Crippen LogP contribution is -2.48. The van der Waals surface area contributed by atoms with Crippen LogP contribution in [0.3, 0.4) is 0 Å². The van der Waals surface area contributed by atoms with Crippen molar-refractivity contribution < 1.29 is 26.3 Å². The monoisotopic (exact) mass is 428 g/mol. The van der Waals surface area contributed by atoms with Crippen molar-refractivity contribution in [3.8, 4) is 5.75 Å². The molecule has 0 atom stereocenters. The quantitative estimate of drug-likeness (QED) is 0.731. The van der Waals surface area contributed by atoms with E-state index in [1.807, 2.05) is 24.3 Å². The number of methoxy groups -OCH3 is 1. The van der Waals surface area contributed by atoms with Crippen LogP contribution in [0.15, 0.2) is 47.4 Å². The summed E-state index contributed by atoms with van der Waals surface area (Å²) in [5.74, 6) is 0.765. The number of benzene rings is 2. The number of nitrogens with zero attached hydrogens (tertiary/aromatic N) is 2. The van der Waals surface area contributed by atoms with Crippen molar-refractivity contribution in [1.29, 1.82) is 0 Å². The zero-order valence-electron chi connectivity index (χ0n) is 16.2. The lowest BCUT2D eigenvalue weighted by molar-refractivity contribution is -0.138. The van der Waals surface area contributed by atoms with Crippen LogP contribution in [0.1, 0.15) is 16.7 Å². The fourth-order valence-corrected chi connectivity index (χ4v) is 4.78. The topological polar surface area (TPSA) is 49.9 Å². The summed E-state index contributed by atoms with van der Waals surface area (Å²) in [7, 11) is -2.38. The summed E-state index contributed by atoms with van der Waals surface area (Å²) in [6.07, 6.45) is -4.59. The first kappa shape index (κ1) is 21.6. The number of ether oxygens (including phenoxy) is 1. The SMILES string of the molecule is COc1ccc(CN2CCN(S(=O)(=O)c3ccc(C)c(C(F)(F)F)c3)CC2)cc1. The van der Waals surface area contributed by atoms with Gasteiger partial charge in [-0.1, -0.05) is 18.2 Å². The third kappa shape index (κ3) is 4.91. The summed E-state index contributed by atoms with van der Waals surface area (Å²) in [5, 5.41) is 0. The van der Waals surface area contributed by atoms with Crippen molar-refractivity contribution in [2.75, 3.05) is 33.3 Å². The summed E-state index contributed by atoms with van der Waals surface area (Å²) < 4.78 is 71.5. The third-order valence-corrected chi connectivity index (χ3v) is 6.94. The molecule has 0 saturated carbocycles. The second-order valence-electron chi connectivity index (χ2n) is 7.00. The van der Waals surface area contributed by atoms with Gasteiger partial charge in [0, 0.05) is 32.7 Å². The molecule has 29 heavy (non-hydrogen) atoms. The Morgan fingerprint density at radius 2 is 1.62 bits per heavy atom. The average molecular weight is 428 g/mol. The van der Waals surface area contributed by atoms with Gasteiger partial charge in [0.1, 0.15) is 5.75 Å². The van der Waals surface area contributed by atoms with Gasteiger partial charge in [-0.25, -0.2) is 8.42 Å². The lowest BCUT2D eigenvalue weighted by atomic mass is 10.1. The van der Waals surface area contributed by atoms with Crippen LogP contribution < -0.4 is 4.74 Å². The molecular formula is C20H23F3N2O3S. The van der Waals surface area contributed by atoms with E-state index in [1.54, 1.807) is 7.11 Å². The first-order valence-electron chi connectivity index (χ1n) is 9.14. The molecule has 0 bridgehead atoms. The van der Waals surface area contributed by atoms with Crippen LogP contribution >= 0.6 is 0 Å². The highest BCUT2D eigenvalue weighted by atomic mass is 32.2. The number of piperazine rings is 1. The fourth-order valence-electron chi connectivity index (χ4n) is 3.33. The Hall–Kier alpha value is -2.10. The van der Waals surface area contributed by atoms with E-state index in [0.29, 0.717) is 19.6 Å². The molecule has 0 unspecified atom stereocenters. The van der Waals surface area contributed by atoms with E-state index in [4.69, 9.17) is 4.74 Å². The molecular weight excluding hydrogens is 405 g/mol. The van der Waals surface area contributed by atoms with Crippen LogP contribution in [0.5, 0.6) is 5.75 Å². The molecule has 158 valence electrons. The summed E-state index contributed by atoms with van der Waals surface area (Å²) in [5.41, 5.74) is 0.160. The third-order valence-electron chi connectivity index (χ3n) is 5.05. The highest BCUT2D eigenvalue weighted by Gasteiger charge is 2.35. The van der Waals surface area contributed by atoms with Gasteiger partial charge in [0.15, 0.2) is 0 Å². The maximum Gasteiger partial charge on any atom is 0.416 e. The standard InChI is InChI=1S/C20H23F3N2O3S/c1-15-3-8-18(13-19(15)20(21,22)23)29(26,27)25-11-9-24(10-12-25)14-16-4-6-17(28-2)7-5-16/h3-8,13H,9-12,14H2,1-2H3. The molecule has 0 aliphatic carbocycles. The van der Waals surface area contributed by atoms with Crippen molar-refractivity contribution in [1.82, 2.24) is 9.21 Å². The molecule has 0 amide bonds. The Balaban J connectivity index is 1.68. The molecule has 9 heteroatoms. The number of sulfonamides is 1. The second-order valence-corrected chi connectivity index (χ2v) is 8.94. The molecule has 1 heterocycles. The minimum absolute atomic E-state index is 0.000705. The van der Waals surface area contributed by atoms with Gasteiger partial charge < -0.3 is 4.74 Å². The molecule has 1 saturated heterocycles. The Morgan fingerprint density at radius 1 is 1.00 bits per heavy atom. The van der Waals surface area contributed by atoms with Crippen molar-refractivity contribution >= 4 is 10.0 Å². The van der Waals surface area contributed by atoms with E-state index in [9.17, 15) is 21.6 Å². The van der Waals surface area contributed by atoms with Crippen LogP contribution in [0.4, 0.5) is 13.2 Å². The minimum Gasteiger partial charge on any atom is -0.497 e. The normalized spacial score (nSPS) is 16.7. The van der Waals surface area contributed by atoms with E-state index in [-0.39, 0.29) is 23.5 Å². The van der Waals surface area contributed by atoms with Crippen LogP contribution in [0.2, 0.25) is 0 Å². The zero-order chi connectivity index (χ0) is 21.2. The van der Waals surface area contributed by atoms with Gasteiger partial charge in [-0.15, -0.1) is 0 Å². The van der Waals surface area contributed by atoms with Gasteiger partial charge in [-0.3, -0.25) is 4.90 Å². The van der Waals surface area contributed by atoms with Gasteiger partial charge in [-0.2, -0.15) is 17.5 Å². The lowest BCUT2D eigenvalue weighted by Gasteiger charge is -2.34. The molecule has 3 rings (SSSR count). The van der Waals surface area contributed by atoms with Gasteiger partial charge in [-0.05, 0) is 42.3 Å². The number of hydrogen-bond acceptors (Lipinski definition) is 4. The molecule has 2 aromatic carbocycles. The van der Waals surface area contributed by atoms with Gasteiger partial charge >= 0.3 is 6.18 Å². The van der Waals surface area contributed by atoms with E-state index in [0.717, 1.165) is 17.4 Å². The first-order chi connectivity index (χ1) is 13.6. The number of aryl methyl sites for hydroxylation is 1. The molecule has 0 spiro atoms. The number of halogens is 3. The molecule has 1 aliphatic heterocycles. The summed E-state index contributed by atoms with van der Waals surface area (Å²) in [4.78, 5) is 1.79. The van der Waals surface area contributed by atoms with E-state index >= 15 is 0 Å². The van der Waals surface area contributed by atoms with E-state index < -0.39 is 21.8 Å². The van der Waals surface area contributed by atoms with Crippen LogP contribution in [0.25, 0.3) is 0 Å². The number of alkyl halides is 3. The summed E-state index contributed by atoms with van der Waals surface area (Å²) in [6, 6.07) is 10.8. The smallest absolute Gasteiger partial charge is 0.416 e. The summed E-state index contributed by atoms with van der Waals surface area (Å²) in [6.45, 7) is 3.45. The van der Waals surface area contributed by atoms with Crippen molar-refractivity contribution in [2.24, 2.45) is 0 Å². The molecule has 2 aromatic rings. The largest absolute Gasteiger partial charge is 0.497 e. The molecule has 0 N–H and O–H groups in total. The molecule has 0 aromatic heterocycles. The van der Waals surface area contributed by atoms with Gasteiger partial charge in [0.05, 0.1) is 17.6 Å². The maximum atomic E-state index is 13.1. The molecule has 0 radical (unpaired) electrons. The Morgan fingerprint density at radius 3 is 2.17 bits per heavy atom. The van der Waals surface area contributed by atoms with E-state index in [2.05, 4.69) is 4.90 Å². The predicted octanol–water partition coefficient (Wildman–Crippen LogP) is 3.53. The second kappa shape index (κ2) is 8.33. The van der Waals surface area contributed by atoms with Crippen LogP contribution in [-0.4, -0.2) is 50.9 Å². The van der Waals surface area contributed by atoms with Crippen LogP contribution in [0, 0.1) is 6.92 Å². The highest BCUT2D eigenvalue weighted by Crippen LogP contribution is 2.34. The molecule has 1 aliphatic rings. The maximum absolute atomic E-state index is 13.1. The minimum atomic E-state index is -4.59. The zero-order valence-corrected chi connectivity index (χ0v) is 17.1. The average Bonchev–Trinajstić information content (AvgIpc) is 2.68. The Labute approximate surface area is 168 Å². The molecule has 5 nitrogen and oxygen atoms in total. The Kier molecular flexibility index (Phi) is 6.21. The van der Waals surface area contributed by atoms with Crippen molar-refractivity contribution in [3.63, 3.8) is 0 Å². The van der Waals surface area contributed by atoms with Gasteiger partial charge in [0.25, 0.3) is 0 Å². The predicted molar refractivity (Wildman–Crippen MR) is 103 cm³/mol. The van der Waals surface area contributed by atoms with Crippen LogP contribution in [-0.2, 0) is 22.7 Å². The Bertz CT molecular complexity index is 952. The summed E-state index contributed by atoms with van der Waals surface area (Å²) >= 11 is 0. The van der Waals surface area contributed by atoms with Crippen molar-refractivity contribution in [2.45, 2.75) is 24.5 Å². The van der Waals surface area contributed by atoms with E-state index in [1.165, 1.54) is 23.4 Å². The van der Waals surface area contributed by atoms with Crippen molar-refractivity contribution in [3.05, 3.63) is 59.2 Å². The highest BCUT2D eigenvalue weighted by molar-refractivity contribution is 7.89. The number of hydrogen-bond donors (Lipinski definition) is 0. The molecule has 1 fully saturated rings. The first-order valence-corrected chi connectivity index (χ1v) is 10.6. The fraction of sp³-hybridized carbons (Fsp3) is 0.400. The van der Waals surface area contributed by atoms with Gasteiger partial charge in [0.2, 0.25) is 10.0 Å².